The molecule has 7 nitrogen and oxygen atoms in total. The Bertz CT molecular complexity index is 1080. The van der Waals surface area contributed by atoms with Gasteiger partial charge in [0.05, 0.1) is 21.5 Å². The van der Waals surface area contributed by atoms with Crippen molar-refractivity contribution in [1.82, 2.24) is 9.62 Å². The molecule has 1 amide bonds. The van der Waals surface area contributed by atoms with E-state index in [2.05, 4.69) is 5.32 Å². The largest absolute Gasteiger partial charge is 0.486 e. The number of piperidine rings is 1. The minimum atomic E-state index is -3.66. The minimum Gasteiger partial charge on any atom is -0.486 e. The number of benzene rings is 2. The van der Waals surface area contributed by atoms with E-state index in [1.807, 2.05) is 25.1 Å². The van der Waals surface area contributed by atoms with Gasteiger partial charge in [-0.1, -0.05) is 24.1 Å². The molecule has 1 fully saturated rings. The number of sulfonamides is 1. The molecule has 2 heterocycles. The molecule has 2 aromatic carbocycles. The summed E-state index contributed by atoms with van der Waals surface area (Å²) in [5.74, 6) is 0.868. The zero-order chi connectivity index (χ0) is 22.0. The van der Waals surface area contributed by atoms with Gasteiger partial charge >= 0.3 is 0 Å². The zero-order valence-corrected chi connectivity index (χ0v) is 18.8. The first-order valence-electron chi connectivity index (χ1n) is 10.4. The van der Waals surface area contributed by atoms with Crippen LogP contribution < -0.4 is 14.8 Å². The van der Waals surface area contributed by atoms with Crippen molar-refractivity contribution in [3.8, 4) is 11.5 Å². The summed E-state index contributed by atoms with van der Waals surface area (Å²) in [5.41, 5.74) is 0.968. The third-order valence-corrected chi connectivity index (χ3v) is 7.77. The minimum absolute atomic E-state index is 0.0796. The van der Waals surface area contributed by atoms with Crippen LogP contribution in [0.5, 0.6) is 11.5 Å². The Kier molecular flexibility index (Phi) is 6.41. The topological polar surface area (TPSA) is 84.9 Å². The second-order valence-electron chi connectivity index (χ2n) is 7.70. The normalized spacial score (nSPS) is 17.7. The van der Waals surface area contributed by atoms with Gasteiger partial charge in [0, 0.05) is 13.1 Å². The Balaban J connectivity index is 1.53. The molecule has 2 aliphatic heterocycles. The molecule has 4 rings (SSSR count). The van der Waals surface area contributed by atoms with E-state index < -0.39 is 15.9 Å². The van der Waals surface area contributed by atoms with Gasteiger partial charge < -0.3 is 14.8 Å². The van der Waals surface area contributed by atoms with Crippen molar-refractivity contribution in [1.29, 1.82) is 0 Å². The van der Waals surface area contributed by atoms with Crippen molar-refractivity contribution >= 4 is 27.5 Å². The lowest BCUT2D eigenvalue weighted by atomic mass is 10.1. The van der Waals surface area contributed by atoms with Gasteiger partial charge in [0.25, 0.3) is 5.91 Å². The van der Waals surface area contributed by atoms with Crippen LogP contribution in [-0.4, -0.2) is 44.9 Å². The molecule has 0 spiro atoms. The average molecular weight is 465 g/mol. The molecule has 1 saturated heterocycles. The third kappa shape index (κ3) is 4.66. The molecule has 0 radical (unpaired) electrons. The van der Waals surface area contributed by atoms with E-state index in [0.717, 1.165) is 24.8 Å². The molecule has 9 heteroatoms. The number of ether oxygens (including phenoxy) is 2. The fraction of sp³-hybridized carbons (Fsp3) is 0.409. The van der Waals surface area contributed by atoms with Crippen LogP contribution in [0.4, 0.5) is 0 Å². The summed E-state index contributed by atoms with van der Waals surface area (Å²) in [6.45, 7) is 3.81. The summed E-state index contributed by atoms with van der Waals surface area (Å²) in [4.78, 5) is 13.0. The van der Waals surface area contributed by atoms with E-state index in [1.165, 1.54) is 22.5 Å². The Morgan fingerprint density at radius 3 is 2.48 bits per heavy atom. The number of carbonyl (C=O) groups excluding carboxylic acids is 1. The predicted octanol–water partition coefficient (Wildman–Crippen LogP) is 3.78. The van der Waals surface area contributed by atoms with Crippen molar-refractivity contribution < 1.29 is 22.7 Å². The number of nitrogens with zero attached hydrogens (tertiary/aromatic N) is 1. The highest BCUT2D eigenvalue weighted by Gasteiger charge is 2.27. The van der Waals surface area contributed by atoms with Crippen LogP contribution in [0.15, 0.2) is 41.3 Å². The Morgan fingerprint density at radius 2 is 1.74 bits per heavy atom. The summed E-state index contributed by atoms with van der Waals surface area (Å²) in [7, 11) is -3.66. The molecule has 0 bridgehead atoms. The van der Waals surface area contributed by atoms with E-state index in [0.29, 0.717) is 37.8 Å². The lowest BCUT2D eigenvalue weighted by molar-refractivity contribution is 0.0939. The van der Waals surface area contributed by atoms with Crippen LogP contribution in [0.3, 0.4) is 0 Å². The zero-order valence-electron chi connectivity index (χ0n) is 17.3. The predicted molar refractivity (Wildman–Crippen MR) is 117 cm³/mol. The number of halogens is 1. The number of hydrogen-bond donors (Lipinski definition) is 1. The first kappa shape index (κ1) is 21.9. The van der Waals surface area contributed by atoms with Gasteiger partial charge in [0.1, 0.15) is 13.2 Å². The summed E-state index contributed by atoms with van der Waals surface area (Å²) in [6.07, 6.45) is 2.71. The number of fused-ring (bicyclic) bond motifs is 1. The highest BCUT2D eigenvalue weighted by molar-refractivity contribution is 7.89. The fourth-order valence-corrected chi connectivity index (χ4v) is 5.53. The van der Waals surface area contributed by atoms with E-state index in [1.54, 1.807) is 0 Å². The third-order valence-electron chi connectivity index (χ3n) is 5.55. The standard InChI is InChI=1S/C22H25ClN2O5S/c1-15(16-5-8-20-21(13-16)30-12-11-29-20)24-22(26)18-14-17(6-7-19(18)23)31(27,28)25-9-3-2-4-10-25/h5-8,13-15H,2-4,9-12H2,1H3,(H,24,26)/t15-/m0/s1. The van der Waals surface area contributed by atoms with Crippen LogP contribution in [0, 0.1) is 0 Å². The Morgan fingerprint density at radius 1 is 1.03 bits per heavy atom. The van der Waals surface area contributed by atoms with Gasteiger partial charge in [-0.2, -0.15) is 4.31 Å². The van der Waals surface area contributed by atoms with Crippen LogP contribution >= 0.6 is 11.6 Å². The number of nitrogens with one attached hydrogen (secondary N) is 1. The number of carbonyl (C=O) groups is 1. The highest BCUT2D eigenvalue weighted by atomic mass is 35.5. The first-order chi connectivity index (χ1) is 14.9. The van der Waals surface area contributed by atoms with Crippen LogP contribution in [0.1, 0.15) is 48.1 Å². The van der Waals surface area contributed by atoms with Crippen molar-refractivity contribution in [3.63, 3.8) is 0 Å². The second kappa shape index (κ2) is 9.06. The molecule has 166 valence electrons. The lowest BCUT2D eigenvalue weighted by Gasteiger charge is -2.26. The van der Waals surface area contributed by atoms with Gasteiger partial charge in [0.15, 0.2) is 11.5 Å². The number of rotatable bonds is 5. The van der Waals surface area contributed by atoms with Crippen LogP contribution in [0.2, 0.25) is 5.02 Å². The maximum atomic E-state index is 13.0. The molecular formula is C22H25ClN2O5S. The SMILES string of the molecule is C[C@H](NC(=O)c1cc(S(=O)(=O)N2CCCCC2)ccc1Cl)c1ccc2c(c1)OCCO2. The van der Waals surface area contributed by atoms with Crippen molar-refractivity contribution in [2.75, 3.05) is 26.3 Å². The molecule has 2 aromatic rings. The van der Waals surface area contributed by atoms with Gasteiger partial charge in [-0.05, 0) is 55.7 Å². The Labute approximate surface area is 187 Å². The quantitative estimate of drug-likeness (QED) is 0.727. The second-order valence-corrected chi connectivity index (χ2v) is 10.0. The highest BCUT2D eigenvalue weighted by Crippen LogP contribution is 2.33. The molecule has 1 atom stereocenters. The molecule has 0 aliphatic carbocycles. The molecular weight excluding hydrogens is 440 g/mol. The van der Waals surface area contributed by atoms with Crippen LogP contribution in [0.25, 0.3) is 0 Å². The summed E-state index contributed by atoms with van der Waals surface area (Å²) in [6, 6.07) is 9.43. The summed E-state index contributed by atoms with van der Waals surface area (Å²) < 4.78 is 38.6. The summed E-state index contributed by atoms with van der Waals surface area (Å²) in [5, 5.41) is 3.09. The van der Waals surface area contributed by atoms with Crippen LogP contribution in [-0.2, 0) is 10.0 Å². The molecule has 1 N–H and O–H groups in total. The average Bonchev–Trinajstić information content (AvgIpc) is 2.79. The van der Waals surface area contributed by atoms with Gasteiger partial charge in [-0.15, -0.1) is 0 Å². The fourth-order valence-electron chi connectivity index (χ4n) is 3.78. The lowest BCUT2D eigenvalue weighted by Crippen LogP contribution is -2.35. The van der Waals surface area contributed by atoms with Crippen molar-refractivity contribution in [3.05, 3.63) is 52.5 Å². The number of amides is 1. The van der Waals surface area contributed by atoms with Gasteiger partial charge in [-0.3, -0.25) is 4.79 Å². The van der Waals surface area contributed by atoms with Crippen molar-refractivity contribution in [2.45, 2.75) is 37.1 Å². The van der Waals surface area contributed by atoms with E-state index in [-0.39, 0.29) is 21.5 Å². The van der Waals surface area contributed by atoms with Gasteiger partial charge in [0.2, 0.25) is 10.0 Å². The maximum absolute atomic E-state index is 13.0. The molecule has 0 unspecified atom stereocenters. The molecule has 0 aromatic heterocycles. The van der Waals surface area contributed by atoms with Crippen molar-refractivity contribution in [2.24, 2.45) is 0 Å². The van der Waals surface area contributed by atoms with E-state index in [4.69, 9.17) is 21.1 Å². The molecule has 0 saturated carbocycles. The monoisotopic (exact) mass is 464 g/mol. The van der Waals surface area contributed by atoms with E-state index >= 15 is 0 Å². The maximum Gasteiger partial charge on any atom is 0.253 e. The number of hydrogen-bond acceptors (Lipinski definition) is 5. The summed E-state index contributed by atoms with van der Waals surface area (Å²) >= 11 is 6.25. The smallest absolute Gasteiger partial charge is 0.253 e. The molecule has 31 heavy (non-hydrogen) atoms. The van der Waals surface area contributed by atoms with E-state index in [9.17, 15) is 13.2 Å². The van der Waals surface area contributed by atoms with Gasteiger partial charge in [-0.25, -0.2) is 8.42 Å². The molecule has 2 aliphatic rings. The Hall–Kier alpha value is -2.29. The first-order valence-corrected chi connectivity index (χ1v) is 12.2.